The van der Waals surface area contributed by atoms with Gasteiger partial charge in [-0.3, -0.25) is 0 Å². The molecule has 0 saturated carbocycles. The lowest BCUT2D eigenvalue weighted by molar-refractivity contribution is 0.0472. The van der Waals surface area contributed by atoms with Crippen LogP contribution in [0, 0.1) is 6.92 Å². The molecule has 0 aliphatic carbocycles. The van der Waals surface area contributed by atoms with Crippen LogP contribution in [0.1, 0.15) is 21.5 Å². The molecule has 0 heterocycles. The molecule has 0 amide bonds. The summed E-state index contributed by atoms with van der Waals surface area (Å²) < 4.78 is 5.23. The molecule has 3 nitrogen and oxygen atoms in total. The van der Waals surface area contributed by atoms with Gasteiger partial charge in [0, 0.05) is 5.69 Å². The van der Waals surface area contributed by atoms with Crippen LogP contribution in [-0.4, -0.2) is 5.97 Å². The minimum Gasteiger partial charge on any atom is -0.457 e. The molecule has 0 aromatic heterocycles. The van der Waals surface area contributed by atoms with Crippen molar-refractivity contribution in [1.82, 2.24) is 0 Å². The summed E-state index contributed by atoms with van der Waals surface area (Å²) in [6, 6.07) is 14.6. The molecule has 92 valence electrons. The molecular formula is C15H15NO2. The number of anilines is 1. The monoisotopic (exact) mass is 241 g/mol. The van der Waals surface area contributed by atoms with Crippen LogP contribution < -0.4 is 5.73 Å². The lowest BCUT2D eigenvalue weighted by atomic mass is 10.1. The van der Waals surface area contributed by atoms with Crippen molar-refractivity contribution >= 4 is 11.7 Å². The van der Waals surface area contributed by atoms with E-state index < -0.39 is 0 Å². The number of carbonyl (C=O) groups is 1. The highest BCUT2D eigenvalue weighted by atomic mass is 16.5. The summed E-state index contributed by atoms with van der Waals surface area (Å²) >= 11 is 0. The van der Waals surface area contributed by atoms with E-state index >= 15 is 0 Å². The number of carbonyl (C=O) groups excluding carboxylic acids is 1. The van der Waals surface area contributed by atoms with Crippen LogP contribution in [0.4, 0.5) is 5.69 Å². The Labute approximate surface area is 106 Å². The Balaban J connectivity index is 1.98. The van der Waals surface area contributed by atoms with Gasteiger partial charge in [0.1, 0.15) is 6.61 Å². The van der Waals surface area contributed by atoms with Crippen molar-refractivity contribution in [2.45, 2.75) is 13.5 Å². The Morgan fingerprint density at radius 1 is 1.17 bits per heavy atom. The summed E-state index contributed by atoms with van der Waals surface area (Å²) in [5, 5.41) is 0. The molecule has 0 saturated heterocycles. The topological polar surface area (TPSA) is 52.3 Å². The van der Waals surface area contributed by atoms with Gasteiger partial charge in [-0.25, -0.2) is 4.79 Å². The van der Waals surface area contributed by atoms with Crippen LogP contribution in [-0.2, 0) is 11.3 Å². The lowest BCUT2D eigenvalue weighted by Gasteiger charge is -2.05. The van der Waals surface area contributed by atoms with E-state index in [4.69, 9.17) is 10.5 Å². The number of benzene rings is 2. The number of nitrogen functional groups attached to an aromatic ring is 1. The minimum atomic E-state index is -0.337. The fourth-order valence-corrected chi connectivity index (χ4v) is 1.65. The molecule has 0 aliphatic rings. The second-order valence-corrected chi connectivity index (χ2v) is 4.19. The standard InChI is InChI=1S/C15H15NO2/c1-11-3-2-4-12(9-11)10-18-15(17)13-5-7-14(16)8-6-13/h2-9H,10,16H2,1H3. The van der Waals surface area contributed by atoms with Crippen LogP contribution >= 0.6 is 0 Å². The Bertz CT molecular complexity index is 547. The molecule has 2 rings (SSSR count). The second kappa shape index (κ2) is 5.36. The number of ether oxygens (including phenoxy) is 1. The molecule has 2 N–H and O–H groups in total. The van der Waals surface area contributed by atoms with Gasteiger partial charge in [0.25, 0.3) is 0 Å². The number of hydrogen-bond donors (Lipinski definition) is 1. The summed E-state index contributed by atoms with van der Waals surface area (Å²) in [5.41, 5.74) is 8.83. The van der Waals surface area contributed by atoms with E-state index in [2.05, 4.69) is 0 Å². The Hall–Kier alpha value is -2.29. The maximum Gasteiger partial charge on any atom is 0.338 e. The zero-order valence-corrected chi connectivity index (χ0v) is 10.2. The van der Waals surface area contributed by atoms with Gasteiger partial charge in [0.15, 0.2) is 0 Å². The zero-order chi connectivity index (χ0) is 13.0. The molecular weight excluding hydrogens is 226 g/mol. The average Bonchev–Trinajstić information content (AvgIpc) is 2.37. The van der Waals surface area contributed by atoms with Gasteiger partial charge >= 0.3 is 5.97 Å². The van der Waals surface area contributed by atoms with E-state index in [1.54, 1.807) is 24.3 Å². The first-order valence-corrected chi connectivity index (χ1v) is 5.73. The molecule has 0 fully saturated rings. The second-order valence-electron chi connectivity index (χ2n) is 4.19. The molecule has 0 radical (unpaired) electrons. The fraction of sp³-hybridized carbons (Fsp3) is 0.133. The Morgan fingerprint density at radius 2 is 1.89 bits per heavy atom. The first kappa shape index (κ1) is 12.2. The van der Waals surface area contributed by atoms with Gasteiger partial charge in [-0.05, 0) is 36.8 Å². The third kappa shape index (κ3) is 3.10. The van der Waals surface area contributed by atoms with Crippen molar-refractivity contribution in [1.29, 1.82) is 0 Å². The maximum atomic E-state index is 11.8. The molecule has 3 heteroatoms. The van der Waals surface area contributed by atoms with E-state index in [0.717, 1.165) is 11.1 Å². The first-order valence-electron chi connectivity index (χ1n) is 5.73. The third-order valence-electron chi connectivity index (χ3n) is 2.60. The van der Waals surface area contributed by atoms with Gasteiger partial charge in [-0.1, -0.05) is 29.8 Å². The number of aryl methyl sites for hydroxylation is 1. The number of rotatable bonds is 3. The first-order chi connectivity index (χ1) is 8.65. The highest BCUT2D eigenvalue weighted by Crippen LogP contribution is 2.10. The van der Waals surface area contributed by atoms with Crippen LogP contribution in [0.15, 0.2) is 48.5 Å². The summed E-state index contributed by atoms with van der Waals surface area (Å²) in [7, 11) is 0. The van der Waals surface area contributed by atoms with Crippen molar-refractivity contribution in [3.8, 4) is 0 Å². The minimum absolute atomic E-state index is 0.283. The largest absolute Gasteiger partial charge is 0.457 e. The predicted octanol–water partition coefficient (Wildman–Crippen LogP) is 2.93. The van der Waals surface area contributed by atoms with Crippen molar-refractivity contribution < 1.29 is 9.53 Å². The fourth-order valence-electron chi connectivity index (χ4n) is 1.65. The van der Waals surface area contributed by atoms with Gasteiger partial charge in [-0.2, -0.15) is 0 Å². The molecule has 0 unspecified atom stereocenters. The summed E-state index contributed by atoms with van der Waals surface area (Å²) in [5.74, 6) is -0.337. The van der Waals surface area contributed by atoms with E-state index in [0.29, 0.717) is 11.3 Å². The number of esters is 1. The van der Waals surface area contributed by atoms with Crippen LogP contribution in [0.5, 0.6) is 0 Å². The Kier molecular flexibility index (Phi) is 3.63. The molecule has 0 atom stereocenters. The molecule has 2 aromatic carbocycles. The molecule has 0 aliphatic heterocycles. The third-order valence-corrected chi connectivity index (χ3v) is 2.60. The highest BCUT2D eigenvalue weighted by Gasteiger charge is 2.06. The number of hydrogen-bond acceptors (Lipinski definition) is 3. The van der Waals surface area contributed by atoms with Crippen LogP contribution in [0.25, 0.3) is 0 Å². The van der Waals surface area contributed by atoms with Gasteiger partial charge in [-0.15, -0.1) is 0 Å². The maximum absolute atomic E-state index is 11.8. The summed E-state index contributed by atoms with van der Waals surface area (Å²) in [6.07, 6.45) is 0. The smallest absolute Gasteiger partial charge is 0.338 e. The summed E-state index contributed by atoms with van der Waals surface area (Å²) in [6.45, 7) is 2.29. The molecule has 0 spiro atoms. The quantitative estimate of drug-likeness (QED) is 0.664. The lowest BCUT2D eigenvalue weighted by Crippen LogP contribution is -2.05. The van der Waals surface area contributed by atoms with Crippen molar-refractivity contribution in [2.75, 3.05) is 5.73 Å². The zero-order valence-electron chi connectivity index (χ0n) is 10.2. The highest BCUT2D eigenvalue weighted by molar-refractivity contribution is 5.89. The SMILES string of the molecule is Cc1cccc(COC(=O)c2ccc(N)cc2)c1. The van der Waals surface area contributed by atoms with E-state index in [-0.39, 0.29) is 12.6 Å². The van der Waals surface area contributed by atoms with E-state index in [1.807, 2.05) is 31.2 Å². The van der Waals surface area contributed by atoms with Crippen molar-refractivity contribution in [2.24, 2.45) is 0 Å². The molecule has 2 aromatic rings. The normalized spacial score (nSPS) is 10.1. The van der Waals surface area contributed by atoms with Crippen molar-refractivity contribution in [3.05, 3.63) is 65.2 Å². The van der Waals surface area contributed by atoms with Crippen molar-refractivity contribution in [3.63, 3.8) is 0 Å². The van der Waals surface area contributed by atoms with E-state index in [9.17, 15) is 4.79 Å². The van der Waals surface area contributed by atoms with Gasteiger partial charge < -0.3 is 10.5 Å². The molecule has 0 bridgehead atoms. The van der Waals surface area contributed by atoms with Gasteiger partial charge in [0.05, 0.1) is 5.56 Å². The van der Waals surface area contributed by atoms with Crippen LogP contribution in [0.3, 0.4) is 0 Å². The van der Waals surface area contributed by atoms with E-state index in [1.165, 1.54) is 0 Å². The summed E-state index contributed by atoms with van der Waals surface area (Å²) in [4.78, 5) is 11.8. The number of nitrogens with two attached hydrogens (primary N) is 1. The van der Waals surface area contributed by atoms with Crippen LogP contribution in [0.2, 0.25) is 0 Å². The Morgan fingerprint density at radius 3 is 2.56 bits per heavy atom. The van der Waals surface area contributed by atoms with Gasteiger partial charge in [0.2, 0.25) is 0 Å². The molecule has 18 heavy (non-hydrogen) atoms. The average molecular weight is 241 g/mol. The predicted molar refractivity (Wildman–Crippen MR) is 71.2 cm³/mol.